The lowest BCUT2D eigenvalue weighted by atomic mass is 9.81. The van der Waals surface area contributed by atoms with Crippen LogP contribution in [0.5, 0.6) is 5.75 Å². The minimum atomic E-state index is -1.95. The van der Waals surface area contributed by atoms with E-state index in [2.05, 4.69) is 0 Å². The summed E-state index contributed by atoms with van der Waals surface area (Å²) in [5, 5.41) is 0. The van der Waals surface area contributed by atoms with Crippen LogP contribution < -0.4 is 4.74 Å². The van der Waals surface area contributed by atoms with E-state index in [1.54, 1.807) is 0 Å². The van der Waals surface area contributed by atoms with Crippen LogP contribution in [-0.2, 0) is 4.79 Å². The van der Waals surface area contributed by atoms with Crippen molar-refractivity contribution in [1.29, 1.82) is 0 Å². The Morgan fingerprint density at radius 1 is 1.21 bits per heavy atom. The predicted molar refractivity (Wildman–Crippen MR) is 94.3 cm³/mol. The van der Waals surface area contributed by atoms with E-state index in [0.717, 1.165) is 11.1 Å². The summed E-state index contributed by atoms with van der Waals surface area (Å²) in [7, 11) is 0. The van der Waals surface area contributed by atoms with Crippen LogP contribution in [0.4, 0.5) is 0 Å². The van der Waals surface area contributed by atoms with Gasteiger partial charge in [-0.05, 0) is 31.0 Å². The fourth-order valence-corrected chi connectivity index (χ4v) is 3.95. The number of nitrogens with zero attached hydrogens (tertiary/aromatic N) is 1. The van der Waals surface area contributed by atoms with Crippen LogP contribution in [0.2, 0.25) is 0 Å². The minimum absolute atomic E-state index is 0.0925. The predicted octanol–water partition coefficient (Wildman–Crippen LogP) is 4.00. The summed E-state index contributed by atoms with van der Waals surface area (Å²) in [6.45, 7) is 4.71. The fourth-order valence-electron chi connectivity index (χ4n) is 3.59. The van der Waals surface area contributed by atoms with Gasteiger partial charge in [0.15, 0.2) is 5.78 Å². The molecule has 0 saturated carbocycles. The molecule has 0 N–H and O–H groups in total. The lowest BCUT2D eigenvalue weighted by molar-refractivity contribution is -0.133. The molecule has 1 saturated heterocycles. The number of Topliss-reactive ketones (excluding diaryl/α,β-unsaturated/α-hetero) is 1. The number of amides is 1. The molecule has 7 heteroatoms. The van der Waals surface area contributed by atoms with Crippen molar-refractivity contribution < 1.29 is 14.3 Å². The van der Waals surface area contributed by atoms with Gasteiger partial charge >= 0.3 is 0 Å². The lowest BCUT2D eigenvalue weighted by Crippen LogP contribution is -2.54. The van der Waals surface area contributed by atoms with Crippen molar-refractivity contribution in [2.45, 2.75) is 42.5 Å². The van der Waals surface area contributed by atoms with Crippen molar-refractivity contribution in [2.75, 3.05) is 13.1 Å². The number of alkyl halides is 3. The SMILES string of the molecule is Cc1cc(C)c2c(c1)OC1(CCN(C(=O)C(Cl)(Cl)Cl)CC1)CC2=O. The second kappa shape index (κ2) is 6.08. The lowest BCUT2D eigenvalue weighted by Gasteiger charge is -2.44. The quantitative estimate of drug-likeness (QED) is 0.629. The third kappa shape index (κ3) is 3.24. The molecule has 1 fully saturated rings. The van der Waals surface area contributed by atoms with Crippen molar-refractivity contribution in [3.8, 4) is 5.75 Å². The van der Waals surface area contributed by atoms with Crippen LogP contribution in [0.3, 0.4) is 0 Å². The second-order valence-corrected chi connectivity index (χ2v) is 8.91. The summed E-state index contributed by atoms with van der Waals surface area (Å²) in [5.74, 6) is 0.205. The van der Waals surface area contributed by atoms with Gasteiger partial charge in [0.2, 0.25) is 0 Å². The van der Waals surface area contributed by atoms with Crippen LogP contribution in [0, 0.1) is 13.8 Å². The first-order valence-corrected chi connectivity index (χ1v) is 8.94. The Labute approximate surface area is 156 Å². The number of rotatable bonds is 0. The van der Waals surface area contributed by atoms with E-state index in [1.165, 1.54) is 4.90 Å². The van der Waals surface area contributed by atoms with Gasteiger partial charge in [-0.3, -0.25) is 9.59 Å². The minimum Gasteiger partial charge on any atom is -0.486 e. The molecule has 3 rings (SSSR count). The zero-order chi connectivity index (χ0) is 17.7. The van der Waals surface area contributed by atoms with Crippen LogP contribution >= 0.6 is 34.8 Å². The number of carbonyl (C=O) groups is 2. The number of hydrogen-bond donors (Lipinski definition) is 0. The number of fused-ring (bicyclic) bond motifs is 1. The van der Waals surface area contributed by atoms with E-state index in [1.807, 2.05) is 26.0 Å². The van der Waals surface area contributed by atoms with Crippen LogP contribution in [0.1, 0.15) is 40.7 Å². The van der Waals surface area contributed by atoms with E-state index < -0.39 is 15.3 Å². The number of ketones is 1. The van der Waals surface area contributed by atoms with Gasteiger partial charge in [0, 0.05) is 25.9 Å². The number of benzene rings is 1. The van der Waals surface area contributed by atoms with E-state index in [4.69, 9.17) is 39.5 Å². The third-order valence-corrected chi connectivity index (χ3v) is 5.22. The number of halogens is 3. The first kappa shape index (κ1) is 17.8. The molecule has 0 aromatic heterocycles. The highest BCUT2D eigenvalue weighted by atomic mass is 35.6. The maximum atomic E-state index is 12.6. The van der Waals surface area contributed by atoms with E-state index in [0.29, 0.717) is 43.7 Å². The molecular weight excluding hydrogens is 373 g/mol. The first-order chi connectivity index (χ1) is 11.1. The van der Waals surface area contributed by atoms with Gasteiger partial charge in [0.25, 0.3) is 9.70 Å². The summed E-state index contributed by atoms with van der Waals surface area (Å²) >= 11 is 17.0. The fraction of sp³-hybridized carbons (Fsp3) is 0.529. The number of ether oxygens (including phenoxy) is 1. The molecule has 130 valence electrons. The van der Waals surface area contributed by atoms with E-state index >= 15 is 0 Å². The molecular formula is C17H18Cl3NO3. The van der Waals surface area contributed by atoms with E-state index in [-0.39, 0.29) is 5.78 Å². The molecule has 2 aliphatic rings. The Morgan fingerprint density at radius 2 is 1.83 bits per heavy atom. The monoisotopic (exact) mass is 389 g/mol. The van der Waals surface area contributed by atoms with Gasteiger partial charge in [0.1, 0.15) is 11.4 Å². The van der Waals surface area contributed by atoms with Crippen LogP contribution in [0.25, 0.3) is 0 Å². The topological polar surface area (TPSA) is 46.6 Å². The summed E-state index contributed by atoms with van der Waals surface area (Å²) in [5.41, 5.74) is 2.09. The summed E-state index contributed by atoms with van der Waals surface area (Å²) in [4.78, 5) is 26.2. The third-order valence-electron chi connectivity index (χ3n) is 4.74. The van der Waals surface area contributed by atoms with Crippen LogP contribution in [0.15, 0.2) is 12.1 Å². The number of carbonyl (C=O) groups excluding carboxylic acids is 2. The molecule has 0 unspecified atom stereocenters. The maximum Gasteiger partial charge on any atom is 0.274 e. The Kier molecular flexibility index (Phi) is 4.52. The van der Waals surface area contributed by atoms with Gasteiger partial charge < -0.3 is 9.64 Å². The standard InChI is InChI=1S/C17H18Cl3NO3/c1-10-7-11(2)14-12(22)9-16(24-13(14)8-10)3-5-21(6-4-16)15(23)17(18,19)20/h7-8H,3-6,9H2,1-2H3. The van der Waals surface area contributed by atoms with E-state index in [9.17, 15) is 9.59 Å². The highest BCUT2D eigenvalue weighted by Crippen LogP contribution is 2.41. The number of likely N-dealkylation sites (tertiary alicyclic amines) is 1. The molecule has 0 radical (unpaired) electrons. The highest BCUT2D eigenvalue weighted by molar-refractivity contribution is 6.76. The molecule has 1 aromatic rings. The second-order valence-electron chi connectivity index (χ2n) is 6.63. The highest BCUT2D eigenvalue weighted by Gasteiger charge is 2.46. The molecule has 2 aliphatic heterocycles. The average molecular weight is 391 g/mol. The molecule has 1 aromatic carbocycles. The molecule has 0 bridgehead atoms. The van der Waals surface area contributed by atoms with Gasteiger partial charge in [-0.2, -0.15) is 0 Å². The molecule has 1 spiro atoms. The number of aryl methyl sites for hydroxylation is 2. The Balaban J connectivity index is 1.80. The Morgan fingerprint density at radius 3 is 2.42 bits per heavy atom. The summed E-state index contributed by atoms with van der Waals surface area (Å²) < 4.78 is 4.30. The average Bonchev–Trinajstić information content (AvgIpc) is 2.45. The van der Waals surface area contributed by atoms with Crippen molar-refractivity contribution in [2.24, 2.45) is 0 Å². The normalized spacial score (nSPS) is 19.9. The number of hydrogen-bond acceptors (Lipinski definition) is 3. The largest absolute Gasteiger partial charge is 0.486 e. The molecule has 0 atom stereocenters. The van der Waals surface area contributed by atoms with Crippen molar-refractivity contribution in [3.63, 3.8) is 0 Å². The summed E-state index contributed by atoms with van der Waals surface area (Å²) in [6.07, 6.45) is 1.40. The Bertz CT molecular complexity index is 704. The van der Waals surface area contributed by atoms with Crippen molar-refractivity contribution >= 4 is 46.5 Å². The van der Waals surface area contributed by atoms with Crippen molar-refractivity contribution in [3.05, 3.63) is 28.8 Å². The maximum absolute atomic E-state index is 12.6. The Hall–Kier alpha value is -0.970. The molecule has 0 aliphatic carbocycles. The van der Waals surface area contributed by atoms with Gasteiger partial charge in [0.05, 0.1) is 12.0 Å². The zero-order valence-electron chi connectivity index (χ0n) is 13.5. The van der Waals surface area contributed by atoms with Crippen molar-refractivity contribution in [1.82, 2.24) is 4.90 Å². The van der Waals surface area contributed by atoms with Gasteiger partial charge in [-0.1, -0.05) is 40.9 Å². The number of piperidine rings is 1. The molecule has 24 heavy (non-hydrogen) atoms. The summed E-state index contributed by atoms with van der Waals surface area (Å²) in [6, 6.07) is 3.89. The van der Waals surface area contributed by atoms with Gasteiger partial charge in [-0.25, -0.2) is 0 Å². The molecule has 2 heterocycles. The zero-order valence-corrected chi connectivity index (χ0v) is 15.8. The molecule has 1 amide bonds. The van der Waals surface area contributed by atoms with Crippen LogP contribution in [-0.4, -0.2) is 39.1 Å². The molecule has 4 nitrogen and oxygen atoms in total. The first-order valence-electron chi connectivity index (χ1n) is 7.81. The van der Waals surface area contributed by atoms with Gasteiger partial charge in [-0.15, -0.1) is 0 Å². The smallest absolute Gasteiger partial charge is 0.274 e.